The molecular weight excluding hydrogens is 210 g/mol. The number of nitrogens with one attached hydrogen (secondary N) is 1. The molecule has 0 aromatic heterocycles. The fourth-order valence-corrected chi connectivity index (χ4v) is 2.90. The van der Waals surface area contributed by atoms with Gasteiger partial charge in [0.2, 0.25) is 0 Å². The van der Waals surface area contributed by atoms with E-state index in [0.29, 0.717) is 12.1 Å². The fraction of sp³-hybridized carbons (Fsp3) is 1.00. The average Bonchev–Trinajstić information content (AvgIpc) is 2.36. The van der Waals surface area contributed by atoms with Gasteiger partial charge >= 0.3 is 0 Å². The Hall–Kier alpha value is -0.0800. The number of rotatable bonds is 8. The summed E-state index contributed by atoms with van der Waals surface area (Å²) in [6.07, 6.45) is 10.9. The molecule has 1 saturated heterocycles. The van der Waals surface area contributed by atoms with Crippen molar-refractivity contribution in [1.29, 1.82) is 0 Å². The summed E-state index contributed by atoms with van der Waals surface area (Å²) in [5.74, 6) is 0.852. The van der Waals surface area contributed by atoms with Crippen molar-refractivity contribution in [2.45, 2.75) is 77.4 Å². The van der Waals surface area contributed by atoms with Gasteiger partial charge in [0.25, 0.3) is 0 Å². The minimum absolute atomic E-state index is 0.543. The highest BCUT2D eigenvalue weighted by Crippen LogP contribution is 2.20. The van der Waals surface area contributed by atoms with Crippen LogP contribution >= 0.6 is 0 Å². The molecule has 0 aromatic carbocycles. The molecule has 1 aliphatic heterocycles. The zero-order chi connectivity index (χ0) is 12.5. The summed E-state index contributed by atoms with van der Waals surface area (Å²) in [5.41, 5.74) is 0. The summed E-state index contributed by atoms with van der Waals surface area (Å²) in [6, 6.07) is 0.682. The Morgan fingerprint density at radius 1 is 1.29 bits per heavy atom. The van der Waals surface area contributed by atoms with Gasteiger partial charge in [-0.05, 0) is 51.5 Å². The predicted molar refractivity (Wildman–Crippen MR) is 74.4 cm³/mol. The summed E-state index contributed by atoms with van der Waals surface area (Å²) in [7, 11) is 2.10. The van der Waals surface area contributed by atoms with Crippen molar-refractivity contribution < 1.29 is 4.74 Å². The van der Waals surface area contributed by atoms with Crippen molar-refractivity contribution in [3.05, 3.63) is 0 Å². The van der Waals surface area contributed by atoms with Crippen molar-refractivity contribution in [3.63, 3.8) is 0 Å². The second-order valence-electron chi connectivity index (χ2n) is 5.68. The predicted octanol–water partition coefficient (Wildman–Crippen LogP) is 3.75. The maximum atomic E-state index is 5.80. The second kappa shape index (κ2) is 8.93. The molecular formula is C15H31NO. The van der Waals surface area contributed by atoms with Gasteiger partial charge in [0.15, 0.2) is 0 Å². The summed E-state index contributed by atoms with van der Waals surface area (Å²) in [4.78, 5) is 0. The number of hydrogen-bond acceptors (Lipinski definition) is 2. The number of ether oxygens (including phenoxy) is 1. The molecule has 2 nitrogen and oxygen atoms in total. The maximum Gasteiger partial charge on any atom is 0.0575 e. The Morgan fingerprint density at radius 3 is 2.71 bits per heavy atom. The molecule has 1 N–H and O–H groups in total. The second-order valence-corrected chi connectivity index (χ2v) is 5.68. The topological polar surface area (TPSA) is 21.3 Å². The van der Waals surface area contributed by atoms with E-state index < -0.39 is 0 Å². The first-order chi connectivity index (χ1) is 8.26. The maximum absolute atomic E-state index is 5.80. The molecule has 0 amide bonds. The van der Waals surface area contributed by atoms with Crippen LogP contribution in [-0.4, -0.2) is 25.8 Å². The van der Waals surface area contributed by atoms with E-state index in [9.17, 15) is 0 Å². The van der Waals surface area contributed by atoms with Gasteiger partial charge in [-0.25, -0.2) is 0 Å². The van der Waals surface area contributed by atoms with Crippen molar-refractivity contribution >= 4 is 0 Å². The lowest BCUT2D eigenvalue weighted by molar-refractivity contribution is 0.00832. The van der Waals surface area contributed by atoms with Gasteiger partial charge in [-0.15, -0.1) is 0 Å². The lowest BCUT2D eigenvalue weighted by atomic mass is 9.93. The quantitative estimate of drug-likeness (QED) is 0.699. The molecule has 3 unspecified atom stereocenters. The van der Waals surface area contributed by atoms with Gasteiger partial charge in [-0.3, -0.25) is 0 Å². The Kier molecular flexibility index (Phi) is 7.87. The van der Waals surface area contributed by atoms with Crippen molar-refractivity contribution in [1.82, 2.24) is 5.32 Å². The van der Waals surface area contributed by atoms with Crippen LogP contribution in [0, 0.1) is 5.92 Å². The lowest BCUT2D eigenvalue weighted by Gasteiger charge is -2.26. The molecule has 2 heteroatoms. The van der Waals surface area contributed by atoms with Gasteiger partial charge < -0.3 is 10.1 Å². The molecule has 0 radical (unpaired) electrons. The van der Waals surface area contributed by atoms with E-state index >= 15 is 0 Å². The van der Waals surface area contributed by atoms with Gasteiger partial charge in [0, 0.05) is 12.6 Å². The molecule has 0 saturated carbocycles. The third-order valence-corrected chi connectivity index (χ3v) is 3.99. The van der Waals surface area contributed by atoms with E-state index in [1.165, 1.54) is 51.4 Å². The Balaban J connectivity index is 2.16. The molecule has 1 aliphatic rings. The van der Waals surface area contributed by atoms with Gasteiger partial charge in [-0.1, -0.05) is 26.7 Å². The molecule has 102 valence electrons. The molecule has 0 bridgehead atoms. The molecule has 1 fully saturated rings. The van der Waals surface area contributed by atoms with Crippen molar-refractivity contribution in [3.8, 4) is 0 Å². The Bertz CT molecular complexity index is 178. The molecule has 3 atom stereocenters. The van der Waals surface area contributed by atoms with Crippen molar-refractivity contribution in [2.24, 2.45) is 5.92 Å². The van der Waals surface area contributed by atoms with E-state index in [1.54, 1.807) is 0 Å². The Labute approximate surface area is 108 Å². The zero-order valence-corrected chi connectivity index (χ0v) is 12.0. The third-order valence-electron chi connectivity index (χ3n) is 3.99. The van der Waals surface area contributed by atoms with Gasteiger partial charge in [-0.2, -0.15) is 0 Å². The van der Waals surface area contributed by atoms with E-state index in [-0.39, 0.29) is 0 Å². The van der Waals surface area contributed by atoms with E-state index in [2.05, 4.69) is 26.2 Å². The van der Waals surface area contributed by atoms with Gasteiger partial charge in [0.1, 0.15) is 0 Å². The van der Waals surface area contributed by atoms with Crippen LogP contribution in [0.4, 0.5) is 0 Å². The zero-order valence-electron chi connectivity index (χ0n) is 12.0. The highest BCUT2D eigenvalue weighted by molar-refractivity contribution is 4.72. The lowest BCUT2D eigenvalue weighted by Crippen LogP contribution is -2.29. The Morgan fingerprint density at radius 2 is 2.12 bits per heavy atom. The highest BCUT2D eigenvalue weighted by atomic mass is 16.5. The summed E-state index contributed by atoms with van der Waals surface area (Å²) in [5, 5.41) is 3.48. The van der Waals surface area contributed by atoms with Crippen LogP contribution in [0.15, 0.2) is 0 Å². The highest BCUT2D eigenvalue weighted by Gasteiger charge is 2.17. The molecule has 0 aromatic rings. The van der Waals surface area contributed by atoms with Gasteiger partial charge in [0.05, 0.1) is 6.10 Å². The molecule has 0 spiro atoms. The third kappa shape index (κ3) is 6.42. The standard InChI is InChI=1S/C15H31NO/c1-4-7-13(2)12-14(16-3)9-10-15-8-5-6-11-17-15/h13-16H,4-12H2,1-3H3. The van der Waals surface area contributed by atoms with E-state index in [1.807, 2.05) is 0 Å². The van der Waals surface area contributed by atoms with Crippen LogP contribution in [-0.2, 0) is 4.74 Å². The number of hydrogen-bond donors (Lipinski definition) is 1. The normalized spacial score (nSPS) is 24.5. The van der Waals surface area contributed by atoms with Crippen molar-refractivity contribution in [2.75, 3.05) is 13.7 Å². The van der Waals surface area contributed by atoms with Crippen LogP contribution in [0.1, 0.15) is 65.2 Å². The average molecular weight is 241 g/mol. The van der Waals surface area contributed by atoms with Crippen LogP contribution in [0.2, 0.25) is 0 Å². The fourth-order valence-electron chi connectivity index (χ4n) is 2.90. The van der Waals surface area contributed by atoms with Crippen LogP contribution in [0.25, 0.3) is 0 Å². The molecule has 0 aliphatic carbocycles. The first-order valence-corrected chi connectivity index (χ1v) is 7.55. The first-order valence-electron chi connectivity index (χ1n) is 7.55. The van der Waals surface area contributed by atoms with Crippen LogP contribution in [0.5, 0.6) is 0 Å². The van der Waals surface area contributed by atoms with E-state index in [0.717, 1.165) is 12.5 Å². The van der Waals surface area contributed by atoms with E-state index in [4.69, 9.17) is 4.74 Å². The first kappa shape index (κ1) is 15.0. The molecule has 1 heterocycles. The van der Waals surface area contributed by atoms with Crippen LogP contribution < -0.4 is 5.32 Å². The van der Waals surface area contributed by atoms with Crippen LogP contribution in [0.3, 0.4) is 0 Å². The molecule has 1 rings (SSSR count). The summed E-state index contributed by atoms with van der Waals surface area (Å²) < 4.78 is 5.80. The minimum Gasteiger partial charge on any atom is -0.378 e. The monoisotopic (exact) mass is 241 g/mol. The smallest absolute Gasteiger partial charge is 0.0575 e. The minimum atomic E-state index is 0.543. The molecule has 17 heavy (non-hydrogen) atoms. The largest absolute Gasteiger partial charge is 0.378 e. The summed E-state index contributed by atoms with van der Waals surface area (Å²) in [6.45, 7) is 5.65. The SMILES string of the molecule is CCCC(C)CC(CCC1CCCCO1)NC. The summed E-state index contributed by atoms with van der Waals surface area (Å²) >= 11 is 0.